The van der Waals surface area contributed by atoms with Gasteiger partial charge in [-0.3, -0.25) is 0 Å². The molecule has 1 saturated heterocycles. The summed E-state index contributed by atoms with van der Waals surface area (Å²) in [6.07, 6.45) is -17.1. The number of likely N-dealkylation sites (tertiary alicyclic amines) is 1. The van der Waals surface area contributed by atoms with Crippen LogP contribution in [0.3, 0.4) is 0 Å². The zero-order chi connectivity index (χ0) is 22.7. The first kappa shape index (κ1) is 24.3. The fourth-order valence-electron chi connectivity index (χ4n) is 2.91. The molecule has 0 bridgehead atoms. The van der Waals surface area contributed by atoms with E-state index in [2.05, 4.69) is 9.46 Å². The van der Waals surface area contributed by atoms with Gasteiger partial charge in [-0.25, -0.2) is 17.9 Å². The van der Waals surface area contributed by atoms with Gasteiger partial charge in [-0.2, -0.15) is 26.3 Å². The smallest absolute Gasteiger partial charge is 0.426 e. The monoisotopic (exact) mass is 462 g/mol. The van der Waals surface area contributed by atoms with E-state index in [1.165, 1.54) is 12.1 Å². The van der Waals surface area contributed by atoms with Crippen molar-refractivity contribution >= 4 is 16.1 Å². The van der Waals surface area contributed by atoms with Gasteiger partial charge in [-0.05, 0) is 43.4 Å². The SMILES string of the molecule is Cc1cccc(S(=O)(=O)NCC2CCN(C(=O)OC(C(F)(F)F)C(F)(F)F)CC2)c1. The predicted octanol–water partition coefficient (Wildman–Crippen LogP) is 3.62. The highest BCUT2D eigenvalue weighted by atomic mass is 32.2. The number of carbonyl (C=O) groups excluding carboxylic acids is 1. The third-order valence-electron chi connectivity index (χ3n) is 4.55. The molecular weight excluding hydrogens is 442 g/mol. The van der Waals surface area contributed by atoms with Gasteiger partial charge in [0.25, 0.3) is 6.10 Å². The number of rotatable bonds is 5. The molecule has 1 aromatic rings. The zero-order valence-electron chi connectivity index (χ0n) is 15.8. The van der Waals surface area contributed by atoms with Gasteiger partial charge in [-0.1, -0.05) is 12.1 Å². The van der Waals surface area contributed by atoms with Crippen LogP contribution in [0.15, 0.2) is 29.2 Å². The Morgan fingerprint density at radius 3 is 2.23 bits per heavy atom. The largest absolute Gasteiger partial charge is 0.434 e. The second-order valence-electron chi connectivity index (χ2n) is 6.95. The molecule has 1 heterocycles. The number of piperidine rings is 1. The van der Waals surface area contributed by atoms with Crippen molar-refractivity contribution in [2.45, 2.75) is 43.1 Å². The third kappa shape index (κ3) is 6.49. The van der Waals surface area contributed by atoms with Crippen LogP contribution in [0.5, 0.6) is 0 Å². The summed E-state index contributed by atoms with van der Waals surface area (Å²) in [5.74, 6) is -0.241. The summed E-state index contributed by atoms with van der Waals surface area (Å²) in [6.45, 7) is 1.44. The third-order valence-corrected chi connectivity index (χ3v) is 5.97. The molecule has 2 rings (SSSR count). The summed E-state index contributed by atoms with van der Waals surface area (Å²) in [5, 5.41) is 0. The van der Waals surface area contributed by atoms with E-state index in [4.69, 9.17) is 0 Å². The zero-order valence-corrected chi connectivity index (χ0v) is 16.6. The minimum Gasteiger partial charge on any atom is -0.426 e. The average molecular weight is 462 g/mol. The van der Waals surface area contributed by atoms with Crippen molar-refractivity contribution in [1.29, 1.82) is 0 Å². The van der Waals surface area contributed by atoms with Gasteiger partial charge >= 0.3 is 18.4 Å². The lowest BCUT2D eigenvalue weighted by Gasteiger charge is -2.33. The maximum absolute atomic E-state index is 12.5. The highest BCUT2D eigenvalue weighted by Crippen LogP contribution is 2.36. The Balaban J connectivity index is 1.88. The van der Waals surface area contributed by atoms with Gasteiger partial charge in [0.05, 0.1) is 4.90 Å². The number of carbonyl (C=O) groups is 1. The van der Waals surface area contributed by atoms with Gasteiger partial charge in [0.2, 0.25) is 10.0 Å². The summed E-state index contributed by atoms with van der Waals surface area (Å²) < 4.78 is 106. The molecule has 0 saturated carbocycles. The van der Waals surface area contributed by atoms with Crippen LogP contribution in [-0.2, 0) is 14.8 Å². The van der Waals surface area contributed by atoms with E-state index in [0.717, 1.165) is 10.5 Å². The van der Waals surface area contributed by atoms with E-state index in [1.807, 2.05) is 0 Å². The second-order valence-corrected chi connectivity index (χ2v) is 8.71. The van der Waals surface area contributed by atoms with Crippen LogP contribution >= 0.6 is 0 Å². The van der Waals surface area contributed by atoms with E-state index in [0.29, 0.717) is 0 Å². The van der Waals surface area contributed by atoms with Crippen molar-refractivity contribution in [3.8, 4) is 0 Å². The standard InChI is InChI=1S/C17H20F6N2O4S/c1-11-3-2-4-13(9-11)30(27,28)24-10-12-5-7-25(8-6-12)15(26)29-14(16(18,19)20)17(21,22)23/h2-4,9,12,14,24H,5-8,10H2,1H3. The van der Waals surface area contributed by atoms with Crippen molar-refractivity contribution in [2.75, 3.05) is 19.6 Å². The van der Waals surface area contributed by atoms with Crippen molar-refractivity contribution < 1.29 is 44.3 Å². The predicted molar refractivity (Wildman–Crippen MR) is 93.0 cm³/mol. The molecule has 170 valence electrons. The minimum absolute atomic E-state index is 0.0207. The molecule has 1 aliphatic heterocycles. The van der Waals surface area contributed by atoms with Crippen molar-refractivity contribution in [1.82, 2.24) is 9.62 Å². The topological polar surface area (TPSA) is 75.7 Å². The molecule has 1 N–H and O–H groups in total. The van der Waals surface area contributed by atoms with Crippen LogP contribution in [0.2, 0.25) is 0 Å². The molecule has 0 aliphatic carbocycles. The van der Waals surface area contributed by atoms with Gasteiger partial charge < -0.3 is 9.64 Å². The fourth-order valence-corrected chi connectivity index (χ4v) is 4.13. The maximum Gasteiger partial charge on any atom is 0.434 e. The van der Waals surface area contributed by atoms with Crippen molar-refractivity contribution in [3.05, 3.63) is 29.8 Å². The van der Waals surface area contributed by atoms with Crippen molar-refractivity contribution in [3.63, 3.8) is 0 Å². The molecule has 0 unspecified atom stereocenters. The molecule has 1 aliphatic rings. The van der Waals surface area contributed by atoms with E-state index >= 15 is 0 Å². The second kappa shape index (κ2) is 9.00. The summed E-state index contributed by atoms with van der Waals surface area (Å²) in [6, 6.07) is 6.23. The number of nitrogens with one attached hydrogen (secondary N) is 1. The van der Waals surface area contributed by atoms with Crippen LogP contribution in [-0.4, -0.2) is 57.5 Å². The lowest BCUT2D eigenvalue weighted by atomic mass is 9.97. The lowest BCUT2D eigenvalue weighted by molar-refractivity contribution is -0.308. The van der Waals surface area contributed by atoms with Gasteiger partial charge in [0.15, 0.2) is 0 Å². The van der Waals surface area contributed by atoms with Crippen LogP contribution in [0.4, 0.5) is 31.1 Å². The fraction of sp³-hybridized carbons (Fsp3) is 0.588. The minimum atomic E-state index is -5.78. The number of aryl methyl sites for hydroxylation is 1. The molecule has 0 aromatic heterocycles. The highest BCUT2D eigenvalue weighted by Gasteiger charge is 2.60. The number of halogens is 6. The lowest BCUT2D eigenvalue weighted by Crippen LogP contribution is -2.49. The number of sulfonamides is 1. The molecule has 0 atom stereocenters. The van der Waals surface area contributed by atoms with Crippen LogP contribution < -0.4 is 4.72 Å². The molecule has 1 aromatic carbocycles. The highest BCUT2D eigenvalue weighted by molar-refractivity contribution is 7.89. The van der Waals surface area contributed by atoms with Crippen LogP contribution in [0, 0.1) is 12.8 Å². The molecule has 13 heteroatoms. The first-order chi connectivity index (χ1) is 13.7. The molecular formula is C17H20F6N2O4S. The first-order valence-electron chi connectivity index (χ1n) is 8.85. The number of hydrogen-bond acceptors (Lipinski definition) is 4. The first-order valence-corrected chi connectivity index (χ1v) is 10.3. The molecule has 30 heavy (non-hydrogen) atoms. The Kier molecular flexibility index (Phi) is 7.28. The Hall–Kier alpha value is -2.02. The van der Waals surface area contributed by atoms with Gasteiger partial charge in [-0.15, -0.1) is 0 Å². The number of hydrogen-bond donors (Lipinski definition) is 1. The molecule has 6 nitrogen and oxygen atoms in total. The van der Waals surface area contributed by atoms with Gasteiger partial charge in [0, 0.05) is 19.6 Å². The quantitative estimate of drug-likeness (QED) is 0.679. The normalized spacial score (nSPS) is 16.7. The van der Waals surface area contributed by atoms with Crippen molar-refractivity contribution in [2.24, 2.45) is 5.92 Å². The average Bonchev–Trinajstić information content (AvgIpc) is 2.63. The Labute approximate surface area is 169 Å². The van der Waals surface area contributed by atoms with E-state index < -0.39 is 34.6 Å². The number of amides is 1. The van der Waals surface area contributed by atoms with Crippen LogP contribution in [0.25, 0.3) is 0 Å². The summed E-state index contributed by atoms with van der Waals surface area (Å²) in [7, 11) is -3.77. The van der Waals surface area contributed by atoms with E-state index in [-0.39, 0.29) is 43.3 Å². The summed E-state index contributed by atoms with van der Waals surface area (Å²) >= 11 is 0. The molecule has 1 fully saturated rings. The Morgan fingerprint density at radius 1 is 1.17 bits per heavy atom. The molecule has 0 radical (unpaired) electrons. The van der Waals surface area contributed by atoms with Crippen LogP contribution in [0.1, 0.15) is 18.4 Å². The molecule has 1 amide bonds. The summed E-state index contributed by atoms with van der Waals surface area (Å²) in [5.41, 5.74) is 0.751. The van der Waals surface area contributed by atoms with E-state index in [1.54, 1.807) is 19.1 Å². The summed E-state index contributed by atoms with van der Waals surface area (Å²) in [4.78, 5) is 12.6. The number of nitrogens with zero attached hydrogens (tertiary/aromatic N) is 1. The van der Waals surface area contributed by atoms with E-state index in [9.17, 15) is 39.6 Å². The molecule has 0 spiro atoms. The maximum atomic E-state index is 12.5. The van der Waals surface area contributed by atoms with Gasteiger partial charge in [0.1, 0.15) is 0 Å². The number of ether oxygens (including phenoxy) is 1. The Morgan fingerprint density at radius 2 is 1.73 bits per heavy atom. The Bertz CT molecular complexity index is 835. The number of benzene rings is 1. The number of alkyl halides is 6.